The Morgan fingerprint density at radius 2 is 2.24 bits per heavy atom. The molecule has 0 saturated carbocycles. The van der Waals surface area contributed by atoms with Gasteiger partial charge in [0.05, 0.1) is 22.2 Å². The minimum atomic E-state index is -0.290. The predicted octanol–water partition coefficient (Wildman–Crippen LogP) is 2.58. The number of aromatic nitrogens is 1. The summed E-state index contributed by atoms with van der Waals surface area (Å²) in [6.07, 6.45) is 1.43. The first kappa shape index (κ1) is 14.8. The van der Waals surface area contributed by atoms with Gasteiger partial charge in [-0.25, -0.2) is 4.98 Å². The Balaban J connectivity index is 2.10. The lowest BCUT2D eigenvalue weighted by Crippen LogP contribution is -2.23. The zero-order valence-electron chi connectivity index (χ0n) is 11.4. The van der Waals surface area contributed by atoms with E-state index < -0.39 is 0 Å². The molecule has 1 heterocycles. The van der Waals surface area contributed by atoms with Crippen LogP contribution in [0.1, 0.15) is 21.5 Å². The number of hydrogen-bond donors (Lipinski definition) is 2. The standard InChI is InChI=1S/C15H13ClN4O/c1-18-14-6-12(13(16)9-19-14)15(21)20-8-11-4-2-3-10(5-11)7-17/h2-6,9H,8H2,1H3,(H,18,19)(H,20,21). The molecule has 0 radical (unpaired) electrons. The van der Waals surface area contributed by atoms with Gasteiger partial charge in [0.1, 0.15) is 5.82 Å². The van der Waals surface area contributed by atoms with E-state index in [-0.39, 0.29) is 10.9 Å². The fraction of sp³-hybridized carbons (Fsp3) is 0.133. The third-order valence-corrected chi connectivity index (χ3v) is 3.17. The van der Waals surface area contributed by atoms with Crippen molar-refractivity contribution in [3.63, 3.8) is 0 Å². The Bertz CT molecular complexity index is 709. The van der Waals surface area contributed by atoms with Gasteiger partial charge in [-0.2, -0.15) is 5.26 Å². The molecule has 0 spiro atoms. The second-order valence-corrected chi connectivity index (χ2v) is 4.70. The van der Waals surface area contributed by atoms with E-state index in [2.05, 4.69) is 21.7 Å². The van der Waals surface area contributed by atoms with Gasteiger partial charge in [-0.05, 0) is 23.8 Å². The molecule has 2 N–H and O–H groups in total. The number of pyridine rings is 1. The number of halogens is 1. The summed E-state index contributed by atoms with van der Waals surface area (Å²) in [6, 6.07) is 10.7. The van der Waals surface area contributed by atoms with Crippen molar-refractivity contribution >= 4 is 23.3 Å². The number of benzene rings is 1. The van der Waals surface area contributed by atoms with Gasteiger partial charge >= 0.3 is 0 Å². The lowest BCUT2D eigenvalue weighted by atomic mass is 10.1. The van der Waals surface area contributed by atoms with Gasteiger partial charge in [-0.1, -0.05) is 23.7 Å². The lowest BCUT2D eigenvalue weighted by Gasteiger charge is -2.08. The van der Waals surface area contributed by atoms with Crippen LogP contribution in [0, 0.1) is 11.3 Å². The summed E-state index contributed by atoms with van der Waals surface area (Å²) in [4.78, 5) is 16.2. The molecule has 0 aliphatic rings. The number of carbonyl (C=O) groups is 1. The highest BCUT2D eigenvalue weighted by atomic mass is 35.5. The molecular weight excluding hydrogens is 288 g/mol. The SMILES string of the molecule is CNc1cc(C(=O)NCc2cccc(C#N)c2)c(Cl)cn1. The Kier molecular flexibility index (Phi) is 4.75. The van der Waals surface area contributed by atoms with Gasteiger partial charge < -0.3 is 10.6 Å². The quantitative estimate of drug-likeness (QED) is 0.909. The first-order chi connectivity index (χ1) is 10.1. The Hall–Kier alpha value is -2.58. The zero-order chi connectivity index (χ0) is 15.2. The van der Waals surface area contributed by atoms with Crippen LogP contribution in [0.2, 0.25) is 5.02 Å². The van der Waals surface area contributed by atoms with Gasteiger partial charge in [-0.15, -0.1) is 0 Å². The monoisotopic (exact) mass is 300 g/mol. The number of nitrogens with one attached hydrogen (secondary N) is 2. The summed E-state index contributed by atoms with van der Waals surface area (Å²) in [5.74, 6) is 0.275. The molecule has 0 atom stereocenters. The first-order valence-corrected chi connectivity index (χ1v) is 6.62. The van der Waals surface area contributed by atoms with E-state index in [0.717, 1.165) is 5.56 Å². The van der Waals surface area contributed by atoms with Crippen LogP contribution in [0.5, 0.6) is 0 Å². The van der Waals surface area contributed by atoms with E-state index in [0.29, 0.717) is 23.5 Å². The zero-order valence-corrected chi connectivity index (χ0v) is 12.1. The van der Waals surface area contributed by atoms with Gasteiger partial charge in [0.25, 0.3) is 5.91 Å². The highest BCUT2D eigenvalue weighted by molar-refractivity contribution is 6.33. The van der Waals surface area contributed by atoms with Crippen molar-refractivity contribution in [1.29, 1.82) is 5.26 Å². The van der Waals surface area contributed by atoms with Gasteiger partial charge in [0, 0.05) is 19.8 Å². The number of carbonyl (C=O) groups excluding carboxylic acids is 1. The van der Waals surface area contributed by atoms with Crippen LogP contribution in [0.3, 0.4) is 0 Å². The minimum absolute atomic E-state index is 0.289. The fourth-order valence-electron chi connectivity index (χ4n) is 1.78. The molecule has 6 heteroatoms. The molecule has 2 rings (SSSR count). The molecule has 0 saturated heterocycles. The summed E-state index contributed by atoms with van der Waals surface area (Å²) < 4.78 is 0. The third-order valence-electron chi connectivity index (χ3n) is 2.87. The molecule has 0 bridgehead atoms. The van der Waals surface area contributed by atoms with Crippen molar-refractivity contribution in [2.45, 2.75) is 6.54 Å². The van der Waals surface area contributed by atoms with Crippen LogP contribution in [0.4, 0.5) is 5.82 Å². The molecule has 0 unspecified atom stereocenters. The van der Waals surface area contributed by atoms with Crippen LogP contribution in [-0.4, -0.2) is 17.9 Å². The van der Waals surface area contributed by atoms with Gasteiger partial charge in [0.2, 0.25) is 0 Å². The van der Waals surface area contributed by atoms with E-state index >= 15 is 0 Å². The number of rotatable bonds is 4. The number of anilines is 1. The third kappa shape index (κ3) is 3.71. The van der Waals surface area contributed by atoms with Crippen molar-refractivity contribution in [3.05, 3.63) is 58.2 Å². The van der Waals surface area contributed by atoms with Crippen LogP contribution in [0.15, 0.2) is 36.5 Å². The molecule has 1 amide bonds. The lowest BCUT2D eigenvalue weighted by molar-refractivity contribution is 0.0951. The number of hydrogen-bond acceptors (Lipinski definition) is 4. The molecule has 2 aromatic rings. The highest BCUT2D eigenvalue weighted by Gasteiger charge is 2.11. The van der Waals surface area contributed by atoms with E-state index in [9.17, 15) is 4.79 Å². The molecule has 5 nitrogen and oxygen atoms in total. The van der Waals surface area contributed by atoms with Crippen LogP contribution < -0.4 is 10.6 Å². The van der Waals surface area contributed by atoms with Crippen LogP contribution in [-0.2, 0) is 6.54 Å². The van der Waals surface area contributed by atoms with Crippen molar-refractivity contribution in [1.82, 2.24) is 10.3 Å². The second kappa shape index (κ2) is 6.73. The highest BCUT2D eigenvalue weighted by Crippen LogP contribution is 2.17. The predicted molar refractivity (Wildman–Crippen MR) is 81.1 cm³/mol. The molecule has 1 aromatic carbocycles. The first-order valence-electron chi connectivity index (χ1n) is 6.24. The molecule has 0 fully saturated rings. The molecule has 0 aliphatic heterocycles. The maximum Gasteiger partial charge on any atom is 0.253 e. The average Bonchev–Trinajstić information content (AvgIpc) is 2.53. The molecule has 21 heavy (non-hydrogen) atoms. The van der Waals surface area contributed by atoms with Gasteiger partial charge in [0.15, 0.2) is 0 Å². The topological polar surface area (TPSA) is 77.8 Å². The summed E-state index contributed by atoms with van der Waals surface area (Å²) in [5.41, 5.74) is 1.76. The second-order valence-electron chi connectivity index (χ2n) is 4.29. The maximum absolute atomic E-state index is 12.1. The Morgan fingerprint density at radius 1 is 1.43 bits per heavy atom. The Morgan fingerprint density at radius 3 is 2.95 bits per heavy atom. The maximum atomic E-state index is 12.1. The average molecular weight is 301 g/mol. The number of nitrogens with zero attached hydrogens (tertiary/aromatic N) is 2. The Labute approximate surface area is 127 Å². The van der Waals surface area contributed by atoms with Gasteiger partial charge in [-0.3, -0.25) is 4.79 Å². The summed E-state index contributed by atoms with van der Waals surface area (Å²) >= 11 is 5.98. The van der Waals surface area contributed by atoms with Crippen molar-refractivity contribution in [2.24, 2.45) is 0 Å². The van der Waals surface area contributed by atoms with E-state index in [1.807, 2.05) is 6.07 Å². The van der Waals surface area contributed by atoms with Crippen LogP contribution in [0.25, 0.3) is 0 Å². The number of nitriles is 1. The fourth-order valence-corrected chi connectivity index (χ4v) is 1.97. The summed E-state index contributed by atoms with van der Waals surface area (Å²) in [5, 5.41) is 14.8. The van der Waals surface area contributed by atoms with Crippen LogP contribution >= 0.6 is 11.6 Å². The molecule has 106 valence electrons. The van der Waals surface area contributed by atoms with Crippen molar-refractivity contribution < 1.29 is 4.79 Å². The van der Waals surface area contributed by atoms with Crippen molar-refractivity contribution in [3.8, 4) is 6.07 Å². The molecular formula is C15H13ClN4O. The van der Waals surface area contributed by atoms with E-state index in [1.54, 1.807) is 31.3 Å². The molecule has 0 aliphatic carbocycles. The van der Waals surface area contributed by atoms with Crippen molar-refractivity contribution in [2.75, 3.05) is 12.4 Å². The minimum Gasteiger partial charge on any atom is -0.373 e. The van der Waals surface area contributed by atoms with E-state index in [4.69, 9.17) is 16.9 Å². The smallest absolute Gasteiger partial charge is 0.253 e. The molecule has 1 aromatic heterocycles. The largest absolute Gasteiger partial charge is 0.373 e. The summed E-state index contributed by atoms with van der Waals surface area (Å²) in [7, 11) is 1.71. The van der Waals surface area contributed by atoms with E-state index in [1.165, 1.54) is 6.20 Å². The number of amides is 1. The summed E-state index contributed by atoms with van der Waals surface area (Å²) in [6.45, 7) is 0.321. The normalized spacial score (nSPS) is 9.76.